The predicted molar refractivity (Wildman–Crippen MR) is 154 cm³/mol. The molecule has 3 aromatic carbocycles. The maximum absolute atomic E-state index is 13.1. The molecule has 14 heteroatoms. The number of hydrazine groups is 1. The summed E-state index contributed by atoms with van der Waals surface area (Å²) in [5.74, 6) is -6.77. The minimum absolute atomic E-state index is 0.0569. The Morgan fingerprint density at radius 2 is 1.07 bits per heavy atom. The first kappa shape index (κ1) is 32.6. The third-order valence-corrected chi connectivity index (χ3v) is 6.15. The lowest BCUT2D eigenvalue weighted by molar-refractivity contribution is -0.159. The second-order valence-corrected chi connectivity index (χ2v) is 10.0. The number of carbonyl (C=O) groups excluding carboxylic acids is 5. The predicted octanol–water partition coefficient (Wildman–Crippen LogP) is 3.88. The molecule has 4 N–H and O–H groups in total. The van der Waals surface area contributed by atoms with E-state index in [9.17, 15) is 33.9 Å². The van der Waals surface area contributed by atoms with Gasteiger partial charge in [-0.2, -0.15) is 0 Å². The SMILES string of the molecule is CC(C)C(=O)Nc1ccc(C(=O)NNC(=O)[C@H](OC(=O)c2ccc(Cl)cc2)[C@@H](OC(=O)c2ccc(Cl)cc2)C(=O)O)cc1. The lowest BCUT2D eigenvalue weighted by atomic mass is 10.1. The van der Waals surface area contributed by atoms with Gasteiger partial charge in [0.05, 0.1) is 11.1 Å². The molecule has 2 atom stereocenters. The van der Waals surface area contributed by atoms with Gasteiger partial charge in [-0.15, -0.1) is 0 Å². The number of benzene rings is 3. The lowest BCUT2D eigenvalue weighted by Crippen LogP contribution is -2.54. The van der Waals surface area contributed by atoms with Crippen molar-refractivity contribution in [1.82, 2.24) is 10.9 Å². The molecule has 3 amide bonds. The molecule has 0 radical (unpaired) electrons. The Balaban J connectivity index is 1.79. The summed E-state index contributed by atoms with van der Waals surface area (Å²) >= 11 is 11.7. The van der Waals surface area contributed by atoms with Crippen LogP contribution in [-0.4, -0.2) is 52.9 Å². The largest absolute Gasteiger partial charge is 0.478 e. The van der Waals surface area contributed by atoms with Crippen molar-refractivity contribution in [3.05, 3.63) is 99.5 Å². The average Bonchev–Trinajstić information content (AvgIpc) is 2.98. The number of carboxylic acids is 1. The molecule has 43 heavy (non-hydrogen) atoms. The fourth-order valence-electron chi connectivity index (χ4n) is 3.29. The fourth-order valence-corrected chi connectivity index (χ4v) is 3.54. The van der Waals surface area contributed by atoms with Crippen LogP contribution in [0.4, 0.5) is 5.69 Å². The van der Waals surface area contributed by atoms with Crippen LogP contribution < -0.4 is 16.2 Å². The summed E-state index contributed by atoms with van der Waals surface area (Å²) in [6.45, 7) is 3.43. The number of halogens is 2. The molecule has 3 aromatic rings. The van der Waals surface area contributed by atoms with Gasteiger partial charge in [-0.25, -0.2) is 14.4 Å². The minimum atomic E-state index is -2.33. The fraction of sp³-hybridized carbons (Fsp3) is 0.172. The molecule has 12 nitrogen and oxygen atoms in total. The normalized spacial score (nSPS) is 11.9. The number of anilines is 1. The maximum atomic E-state index is 13.1. The van der Waals surface area contributed by atoms with Crippen molar-refractivity contribution < 1.29 is 43.3 Å². The third kappa shape index (κ3) is 9.28. The van der Waals surface area contributed by atoms with Gasteiger partial charge in [-0.05, 0) is 72.8 Å². The summed E-state index contributed by atoms with van der Waals surface area (Å²) in [4.78, 5) is 75.2. The first-order valence-corrected chi connectivity index (χ1v) is 13.3. The summed E-state index contributed by atoms with van der Waals surface area (Å²) in [7, 11) is 0. The van der Waals surface area contributed by atoms with Crippen molar-refractivity contribution in [1.29, 1.82) is 0 Å². The number of rotatable bonds is 10. The van der Waals surface area contributed by atoms with Crippen LogP contribution in [0.2, 0.25) is 10.0 Å². The smallest absolute Gasteiger partial charge is 0.349 e. The zero-order valence-electron chi connectivity index (χ0n) is 22.6. The Hall–Kier alpha value is -4.94. The zero-order chi connectivity index (χ0) is 31.7. The van der Waals surface area contributed by atoms with Gasteiger partial charge < -0.3 is 19.9 Å². The number of carbonyl (C=O) groups is 6. The van der Waals surface area contributed by atoms with Gasteiger partial charge in [0.25, 0.3) is 11.8 Å². The van der Waals surface area contributed by atoms with Crippen molar-refractivity contribution in [2.45, 2.75) is 26.1 Å². The Kier molecular flexibility index (Phi) is 11.2. The van der Waals surface area contributed by atoms with E-state index in [-0.39, 0.29) is 28.5 Å². The van der Waals surface area contributed by atoms with Crippen molar-refractivity contribution in [2.24, 2.45) is 5.92 Å². The van der Waals surface area contributed by atoms with Crippen molar-refractivity contribution in [2.75, 3.05) is 5.32 Å². The van der Waals surface area contributed by atoms with Crippen LogP contribution in [0.15, 0.2) is 72.8 Å². The quantitative estimate of drug-likeness (QED) is 0.191. The van der Waals surface area contributed by atoms with Crippen LogP contribution in [0.1, 0.15) is 44.9 Å². The molecule has 0 aliphatic rings. The molecule has 0 aromatic heterocycles. The molecule has 0 unspecified atom stereocenters. The summed E-state index contributed by atoms with van der Waals surface area (Å²) in [6, 6.07) is 16.2. The number of hydrogen-bond acceptors (Lipinski definition) is 8. The molecule has 0 saturated carbocycles. The number of ether oxygens (including phenoxy) is 2. The first-order chi connectivity index (χ1) is 20.3. The third-order valence-electron chi connectivity index (χ3n) is 5.64. The molecule has 0 heterocycles. The molecule has 0 aliphatic heterocycles. The summed E-state index contributed by atoms with van der Waals surface area (Å²) in [5.41, 5.74) is 4.36. The van der Waals surface area contributed by atoms with Crippen molar-refractivity contribution in [3.8, 4) is 0 Å². The molecular formula is C29H25Cl2N3O9. The lowest BCUT2D eigenvalue weighted by Gasteiger charge is -2.23. The second-order valence-electron chi connectivity index (χ2n) is 9.17. The van der Waals surface area contributed by atoms with Crippen LogP contribution in [-0.2, 0) is 23.9 Å². The first-order valence-electron chi connectivity index (χ1n) is 12.5. The van der Waals surface area contributed by atoms with Gasteiger partial charge in [0.1, 0.15) is 0 Å². The molecular weight excluding hydrogens is 605 g/mol. The number of carboxylic acid groups (broad SMARTS) is 1. The molecule has 0 spiro atoms. The number of amides is 3. The molecule has 0 saturated heterocycles. The van der Waals surface area contributed by atoms with Crippen LogP contribution in [0.5, 0.6) is 0 Å². The van der Waals surface area contributed by atoms with Gasteiger partial charge in [-0.1, -0.05) is 37.0 Å². The van der Waals surface area contributed by atoms with E-state index in [1.54, 1.807) is 13.8 Å². The second kappa shape index (κ2) is 14.8. The Bertz CT molecular complexity index is 1510. The minimum Gasteiger partial charge on any atom is -0.478 e. The van der Waals surface area contributed by atoms with E-state index in [0.717, 1.165) is 0 Å². The molecule has 0 fully saturated rings. The van der Waals surface area contributed by atoms with E-state index < -0.39 is 41.9 Å². The maximum Gasteiger partial charge on any atom is 0.349 e. The van der Waals surface area contributed by atoms with E-state index in [2.05, 4.69) is 10.7 Å². The highest BCUT2D eigenvalue weighted by molar-refractivity contribution is 6.31. The van der Waals surface area contributed by atoms with E-state index in [4.69, 9.17) is 32.7 Å². The van der Waals surface area contributed by atoms with Gasteiger partial charge in [0.2, 0.25) is 18.1 Å². The van der Waals surface area contributed by atoms with Crippen LogP contribution in [0, 0.1) is 5.92 Å². The molecule has 0 bridgehead atoms. The highest BCUT2D eigenvalue weighted by atomic mass is 35.5. The summed E-state index contributed by atoms with van der Waals surface area (Å²) in [6.07, 6.45) is -4.59. The molecule has 3 rings (SSSR count). The Morgan fingerprint density at radius 1 is 0.628 bits per heavy atom. The Morgan fingerprint density at radius 3 is 1.51 bits per heavy atom. The van der Waals surface area contributed by atoms with Crippen LogP contribution in [0.25, 0.3) is 0 Å². The van der Waals surface area contributed by atoms with Gasteiger partial charge in [0, 0.05) is 27.2 Å². The van der Waals surface area contributed by atoms with Crippen molar-refractivity contribution in [3.63, 3.8) is 0 Å². The van der Waals surface area contributed by atoms with Crippen LogP contribution in [0.3, 0.4) is 0 Å². The van der Waals surface area contributed by atoms with E-state index >= 15 is 0 Å². The summed E-state index contributed by atoms with van der Waals surface area (Å²) in [5, 5.41) is 13.1. The number of aliphatic carboxylic acids is 1. The highest BCUT2D eigenvalue weighted by Crippen LogP contribution is 2.17. The standard InChI is InChI=1S/C29H25Cl2N3O9/c1-15(2)24(35)32-21-13-7-16(8-14-21)25(36)33-34-26(37)22(42-28(40)17-3-9-19(30)10-4-17)23(27(38)39)43-29(41)18-5-11-20(31)12-6-18/h3-15,22-23H,1-2H3,(H,32,35)(H,33,36)(H,34,37)(H,38,39)/t22-,23-/m1/s1. The van der Waals surface area contributed by atoms with Gasteiger partial charge >= 0.3 is 17.9 Å². The van der Waals surface area contributed by atoms with E-state index in [1.165, 1.54) is 72.8 Å². The monoisotopic (exact) mass is 629 g/mol. The Labute approximate surface area is 255 Å². The number of nitrogens with one attached hydrogen (secondary N) is 3. The summed E-state index contributed by atoms with van der Waals surface area (Å²) < 4.78 is 10.2. The average molecular weight is 630 g/mol. The van der Waals surface area contributed by atoms with E-state index in [0.29, 0.717) is 15.7 Å². The molecule has 0 aliphatic carbocycles. The van der Waals surface area contributed by atoms with Crippen molar-refractivity contribution >= 4 is 64.5 Å². The number of hydrogen-bond donors (Lipinski definition) is 4. The zero-order valence-corrected chi connectivity index (χ0v) is 24.1. The molecule has 224 valence electrons. The highest BCUT2D eigenvalue weighted by Gasteiger charge is 2.41. The van der Waals surface area contributed by atoms with Gasteiger partial charge in [0.15, 0.2) is 0 Å². The number of esters is 2. The topological polar surface area (TPSA) is 177 Å². The van der Waals surface area contributed by atoms with Crippen LogP contribution >= 0.6 is 23.2 Å². The van der Waals surface area contributed by atoms with Gasteiger partial charge in [-0.3, -0.25) is 25.2 Å². The van der Waals surface area contributed by atoms with E-state index in [1.807, 2.05) is 5.43 Å².